The lowest BCUT2D eigenvalue weighted by molar-refractivity contribution is 1.28. The van der Waals surface area contributed by atoms with Crippen LogP contribution in [0.3, 0.4) is 0 Å². The van der Waals surface area contributed by atoms with Gasteiger partial charge in [0.2, 0.25) is 0 Å². The Morgan fingerprint density at radius 1 is 1.37 bits per heavy atom. The average molecular weight is 289 g/mol. The van der Waals surface area contributed by atoms with Crippen molar-refractivity contribution in [3.63, 3.8) is 0 Å². The highest BCUT2D eigenvalue weighted by molar-refractivity contribution is 7.16. The van der Waals surface area contributed by atoms with Crippen molar-refractivity contribution in [3.05, 3.63) is 39.4 Å². The summed E-state index contributed by atoms with van der Waals surface area (Å²) in [7, 11) is 1.85. The smallest absolute Gasteiger partial charge is 0.180 e. The van der Waals surface area contributed by atoms with Crippen molar-refractivity contribution >= 4 is 39.8 Å². The Kier molecular flexibility index (Phi) is 3.11. The number of anilines is 1. The number of H-pyrrole nitrogens is 1. The summed E-state index contributed by atoms with van der Waals surface area (Å²) in [4.78, 5) is 12.5. The number of imidazole rings is 1. The van der Waals surface area contributed by atoms with Crippen molar-refractivity contribution in [1.29, 1.82) is 0 Å². The molecule has 2 N–H and O–H groups in total. The zero-order valence-electron chi connectivity index (χ0n) is 9.99. The molecule has 3 aromatic heterocycles. The number of nitrogens with zero attached hydrogens (tertiary/aromatic N) is 2. The van der Waals surface area contributed by atoms with Crippen LogP contribution in [0, 0.1) is 11.8 Å². The molecule has 0 bridgehead atoms. The molecular weight excluding hydrogens is 280 g/mol. The molecule has 0 unspecified atom stereocenters. The van der Waals surface area contributed by atoms with E-state index >= 15 is 0 Å². The number of hydrogen-bond donors (Lipinski definition) is 2. The number of fused-ring (bicyclic) bond motifs is 1. The van der Waals surface area contributed by atoms with E-state index in [1.54, 1.807) is 6.33 Å². The first-order valence-corrected chi connectivity index (χ1v) is 6.75. The number of thiophene rings is 1. The Morgan fingerprint density at radius 3 is 3.00 bits per heavy atom. The molecule has 3 heterocycles. The van der Waals surface area contributed by atoms with Crippen LogP contribution < -0.4 is 5.32 Å². The quantitative estimate of drug-likeness (QED) is 0.677. The van der Waals surface area contributed by atoms with E-state index < -0.39 is 0 Å². The van der Waals surface area contributed by atoms with Crippen molar-refractivity contribution in [1.82, 2.24) is 15.0 Å². The van der Waals surface area contributed by atoms with Gasteiger partial charge in [0.15, 0.2) is 5.65 Å². The molecule has 0 aliphatic carbocycles. The van der Waals surface area contributed by atoms with Gasteiger partial charge in [-0.3, -0.25) is 0 Å². The van der Waals surface area contributed by atoms with Gasteiger partial charge in [-0.25, -0.2) is 9.97 Å². The third-order valence-corrected chi connectivity index (χ3v) is 3.70. The zero-order chi connectivity index (χ0) is 13.2. The number of pyridine rings is 1. The van der Waals surface area contributed by atoms with Crippen LogP contribution in [0.2, 0.25) is 4.34 Å². The minimum Gasteiger partial charge on any atom is -0.386 e. The maximum Gasteiger partial charge on any atom is 0.180 e. The second-order valence-corrected chi connectivity index (χ2v) is 5.48. The molecule has 0 aliphatic heterocycles. The molecule has 19 heavy (non-hydrogen) atoms. The predicted octanol–water partition coefficient (Wildman–Crippen LogP) is 3.11. The number of hydrogen-bond acceptors (Lipinski definition) is 4. The van der Waals surface area contributed by atoms with Gasteiger partial charge < -0.3 is 10.3 Å². The van der Waals surface area contributed by atoms with Gasteiger partial charge in [0, 0.05) is 7.05 Å². The minimum absolute atomic E-state index is 0.653. The summed E-state index contributed by atoms with van der Waals surface area (Å²) >= 11 is 7.31. The molecule has 0 radical (unpaired) electrons. The first kappa shape index (κ1) is 12.0. The summed E-state index contributed by atoms with van der Waals surface area (Å²) in [6, 6.07) is 5.62. The maximum atomic E-state index is 5.86. The van der Waals surface area contributed by atoms with Crippen LogP contribution in [0.15, 0.2) is 24.5 Å². The number of aromatic amines is 1. The molecule has 6 heteroatoms. The average Bonchev–Trinajstić information content (AvgIpc) is 3.03. The second-order valence-electron chi connectivity index (χ2n) is 3.76. The molecule has 0 aliphatic rings. The number of nitrogens with one attached hydrogen (secondary N) is 2. The highest BCUT2D eigenvalue weighted by Crippen LogP contribution is 2.21. The monoisotopic (exact) mass is 288 g/mol. The summed E-state index contributed by atoms with van der Waals surface area (Å²) in [6.45, 7) is 0. The topological polar surface area (TPSA) is 53.6 Å². The normalized spacial score (nSPS) is 10.2. The SMILES string of the molecule is CNc1cc(C#Cc2ccc(Cl)s2)nc2nc[nH]c12. The van der Waals surface area contributed by atoms with E-state index in [0.717, 1.165) is 20.4 Å². The Balaban J connectivity index is 2.03. The van der Waals surface area contributed by atoms with E-state index in [1.165, 1.54) is 11.3 Å². The lowest BCUT2D eigenvalue weighted by Crippen LogP contribution is -1.93. The van der Waals surface area contributed by atoms with Crippen molar-refractivity contribution in [2.45, 2.75) is 0 Å². The van der Waals surface area contributed by atoms with Crippen LogP contribution in [0.1, 0.15) is 10.6 Å². The fourth-order valence-corrected chi connectivity index (χ4v) is 2.59. The van der Waals surface area contributed by atoms with Gasteiger partial charge in [-0.1, -0.05) is 11.6 Å². The molecule has 0 aromatic carbocycles. The Hall–Kier alpha value is -2.03. The molecule has 0 spiro atoms. The number of rotatable bonds is 1. The summed E-state index contributed by atoms with van der Waals surface area (Å²) in [6.07, 6.45) is 1.62. The van der Waals surface area contributed by atoms with Crippen LogP contribution in [0.25, 0.3) is 11.2 Å². The number of halogens is 1. The standard InChI is InChI=1S/C13H9ClN4S/c1-15-10-6-8(18-13-12(10)16-7-17-13)2-3-9-4-5-11(14)19-9/h4-7H,1H3,(H2,15,16,17,18). The van der Waals surface area contributed by atoms with Crippen LogP contribution in [-0.4, -0.2) is 22.0 Å². The molecule has 0 amide bonds. The highest BCUT2D eigenvalue weighted by atomic mass is 35.5. The maximum absolute atomic E-state index is 5.86. The first-order valence-electron chi connectivity index (χ1n) is 5.55. The third-order valence-electron chi connectivity index (χ3n) is 2.55. The van der Waals surface area contributed by atoms with E-state index in [4.69, 9.17) is 11.6 Å². The Labute approximate surface area is 118 Å². The number of aromatic nitrogens is 3. The molecule has 3 aromatic rings. The molecule has 0 saturated carbocycles. The lowest BCUT2D eigenvalue weighted by Gasteiger charge is -2.01. The first-order chi connectivity index (χ1) is 9.26. The van der Waals surface area contributed by atoms with Crippen LogP contribution in [-0.2, 0) is 0 Å². The van der Waals surface area contributed by atoms with Gasteiger partial charge in [0.25, 0.3) is 0 Å². The Morgan fingerprint density at radius 2 is 2.26 bits per heavy atom. The zero-order valence-corrected chi connectivity index (χ0v) is 11.6. The molecule has 0 fully saturated rings. The van der Waals surface area contributed by atoms with E-state index in [0.29, 0.717) is 11.3 Å². The van der Waals surface area contributed by atoms with E-state index in [1.807, 2.05) is 25.2 Å². The van der Waals surface area contributed by atoms with Crippen molar-refractivity contribution in [2.75, 3.05) is 12.4 Å². The summed E-state index contributed by atoms with van der Waals surface area (Å²) in [5, 5.41) is 3.10. The van der Waals surface area contributed by atoms with E-state index in [9.17, 15) is 0 Å². The molecular formula is C13H9ClN4S. The predicted molar refractivity (Wildman–Crippen MR) is 78.7 cm³/mol. The molecule has 0 atom stereocenters. The van der Waals surface area contributed by atoms with Crippen LogP contribution in [0.4, 0.5) is 5.69 Å². The van der Waals surface area contributed by atoms with E-state index in [-0.39, 0.29) is 0 Å². The minimum atomic E-state index is 0.653. The summed E-state index contributed by atoms with van der Waals surface area (Å²) in [5.41, 5.74) is 3.14. The van der Waals surface area contributed by atoms with E-state index in [2.05, 4.69) is 32.1 Å². The van der Waals surface area contributed by atoms with Gasteiger partial charge in [0.1, 0.15) is 11.2 Å². The molecule has 3 rings (SSSR count). The van der Waals surface area contributed by atoms with Crippen molar-refractivity contribution < 1.29 is 0 Å². The third kappa shape index (κ3) is 2.41. The Bertz CT molecular complexity index is 794. The molecule has 0 saturated heterocycles. The largest absolute Gasteiger partial charge is 0.386 e. The lowest BCUT2D eigenvalue weighted by atomic mass is 10.3. The molecule has 94 valence electrons. The fourth-order valence-electron chi connectivity index (χ4n) is 1.69. The van der Waals surface area contributed by atoms with Gasteiger partial charge in [-0.15, -0.1) is 11.3 Å². The fraction of sp³-hybridized carbons (Fsp3) is 0.0769. The van der Waals surface area contributed by atoms with Gasteiger partial charge in [-0.05, 0) is 30.0 Å². The van der Waals surface area contributed by atoms with Crippen molar-refractivity contribution in [3.8, 4) is 11.8 Å². The van der Waals surface area contributed by atoms with Crippen LogP contribution in [0.5, 0.6) is 0 Å². The highest BCUT2D eigenvalue weighted by Gasteiger charge is 2.05. The van der Waals surface area contributed by atoms with Crippen molar-refractivity contribution in [2.24, 2.45) is 0 Å². The van der Waals surface area contributed by atoms with Gasteiger partial charge in [0.05, 0.1) is 21.2 Å². The second kappa shape index (κ2) is 4.92. The summed E-state index contributed by atoms with van der Waals surface area (Å²) < 4.78 is 0.732. The van der Waals surface area contributed by atoms with Gasteiger partial charge in [-0.2, -0.15) is 0 Å². The molecule has 4 nitrogen and oxygen atoms in total. The summed E-state index contributed by atoms with van der Waals surface area (Å²) in [5.74, 6) is 6.07. The van der Waals surface area contributed by atoms with Crippen LogP contribution >= 0.6 is 22.9 Å². The van der Waals surface area contributed by atoms with Gasteiger partial charge >= 0.3 is 0 Å².